The lowest BCUT2D eigenvalue weighted by Crippen LogP contribution is -2.43. The van der Waals surface area contributed by atoms with Crippen molar-refractivity contribution in [1.29, 1.82) is 0 Å². The molecule has 1 atom stereocenters. The summed E-state index contributed by atoms with van der Waals surface area (Å²) >= 11 is 0. The number of fused-ring (bicyclic) bond motifs is 1. The number of amides is 2. The normalized spacial score (nSPS) is 14.0. The topological polar surface area (TPSA) is 127 Å². The Morgan fingerprint density at radius 3 is 2.50 bits per heavy atom. The first kappa shape index (κ1) is 26.4. The number of H-pyrrole nitrogens is 1. The Morgan fingerprint density at radius 2 is 1.82 bits per heavy atom. The maximum atomic E-state index is 13.1. The van der Waals surface area contributed by atoms with Gasteiger partial charge in [-0.1, -0.05) is 30.3 Å². The average molecular weight is 516 g/mol. The molecule has 3 N–H and O–H groups in total. The van der Waals surface area contributed by atoms with Gasteiger partial charge in [0.15, 0.2) is 0 Å². The Balaban J connectivity index is 1.63. The fourth-order valence-electron chi connectivity index (χ4n) is 4.47. The molecule has 0 aliphatic carbocycles. The minimum atomic E-state index is -0.885. The van der Waals surface area contributed by atoms with Gasteiger partial charge in [-0.25, -0.2) is 9.59 Å². The summed E-state index contributed by atoms with van der Waals surface area (Å²) in [6.07, 6.45) is 1.92. The van der Waals surface area contributed by atoms with Crippen LogP contribution in [0.2, 0.25) is 0 Å². The van der Waals surface area contributed by atoms with Gasteiger partial charge in [0.2, 0.25) is 0 Å². The standard InChI is InChI=1S/C29H29N3O6/c1-5-38-29(36)25-16(2)23(30-17(25)3)15-21-20-14-19(11-12-22(20)31-27(21)34)26(33)32-24(28(35)37-4)13-18-9-7-6-8-10-18/h6-12,14-15,24,30H,5,13H2,1-4H3,(H,31,34)(H,32,33)/b21-15-/t24-/m1/s1. The summed E-state index contributed by atoms with van der Waals surface area (Å²) < 4.78 is 10.0. The molecule has 0 bridgehead atoms. The molecule has 2 aromatic carbocycles. The van der Waals surface area contributed by atoms with Crippen molar-refractivity contribution in [1.82, 2.24) is 10.3 Å². The summed E-state index contributed by atoms with van der Waals surface area (Å²) in [4.78, 5) is 53.9. The summed E-state index contributed by atoms with van der Waals surface area (Å²) in [6, 6.07) is 13.2. The van der Waals surface area contributed by atoms with Gasteiger partial charge >= 0.3 is 11.9 Å². The third-order valence-electron chi connectivity index (χ3n) is 6.38. The molecule has 0 unspecified atom stereocenters. The number of aryl methyl sites for hydroxylation is 1. The van der Waals surface area contributed by atoms with Crippen molar-refractivity contribution >= 4 is 41.1 Å². The van der Waals surface area contributed by atoms with Crippen LogP contribution in [0.25, 0.3) is 11.6 Å². The fourth-order valence-corrected chi connectivity index (χ4v) is 4.47. The largest absolute Gasteiger partial charge is 0.467 e. The number of hydrogen-bond donors (Lipinski definition) is 3. The molecule has 0 radical (unpaired) electrons. The molecule has 4 rings (SSSR count). The highest BCUT2D eigenvalue weighted by Gasteiger charge is 2.28. The number of rotatable bonds is 8. The Kier molecular flexibility index (Phi) is 7.76. The number of carbonyl (C=O) groups excluding carboxylic acids is 4. The molecule has 3 aromatic rings. The summed E-state index contributed by atoms with van der Waals surface area (Å²) in [5, 5.41) is 5.55. The van der Waals surface area contributed by atoms with Gasteiger partial charge in [-0.3, -0.25) is 9.59 Å². The number of nitrogens with one attached hydrogen (secondary N) is 3. The third-order valence-corrected chi connectivity index (χ3v) is 6.38. The lowest BCUT2D eigenvalue weighted by molar-refractivity contribution is -0.142. The van der Waals surface area contributed by atoms with Gasteiger partial charge in [0, 0.05) is 34.6 Å². The zero-order valence-electron chi connectivity index (χ0n) is 21.6. The number of benzene rings is 2. The van der Waals surface area contributed by atoms with E-state index in [2.05, 4.69) is 15.6 Å². The highest BCUT2D eigenvalue weighted by molar-refractivity contribution is 6.35. The Bertz CT molecular complexity index is 1440. The number of carbonyl (C=O) groups is 4. The number of methoxy groups -OCH3 is 1. The smallest absolute Gasteiger partial charge is 0.340 e. The van der Waals surface area contributed by atoms with Crippen LogP contribution in [0.3, 0.4) is 0 Å². The summed E-state index contributed by atoms with van der Waals surface area (Å²) in [6.45, 7) is 5.53. The van der Waals surface area contributed by atoms with Crippen LogP contribution in [0.1, 0.15) is 55.7 Å². The molecule has 0 spiro atoms. The van der Waals surface area contributed by atoms with E-state index in [-0.39, 0.29) is 24.5 Å². The molecule has 1 aromatic heterocycles. The number of hydrogen-bond acceptors (Lipinski definition) is 6. The first-order chi connectivity index (χ1) is 18.2. The highest BCUT2D eigenvalue weighted by atomic mass is 16.5. The first-order valence-corrected chi connectivity index (χ1v) is 12.2. The van der Waals surface area contributed by atoms with Crippen LogP contribution in [0.4, 0.5) is 5.69 Å². The third kappa shape index (κ3) is 5.36. The fraction of sp³-hybridized carbons (Fsp3) is 0.241. The number of anilines is 1. The van der Waals surface area contributed by atoms with Crippen molar-refractivity contribution in [2.24, 2.45) is 0 Å². The van der Waals surface area contributed by atoms with Crippen LogP contribution in [0, 0.1) is 13.8 Å². The van der Waals surface area contributed by atoms with Crippen LogP contribution >= 0.6 is 0 Å². The maximum Gasteiger partial charge on any atom is 0.340 e. The molecule has 196 valence electrons. The molecule has 0 fully saturated rings. The molecule has 2 amide bonds. The monoisotopic (exact) mass is 515 g/mol. The van der Waals surface area contributed by atoms with Gasteiger partial charge in [0.05, 0.1) is 24.9 Å². The molecule has 2 heterocycles. The van der Waals surface area contributed by atoms with Crippen molar-refractivity contribution in [3.05, 3.63) is 87.7 Å². The first-order valence-electron chi connectivity index (χ1n) is 12.2. The molecule has 9 nitrogen and oxygen atoms in total. The second-order valence-corrected chi connectivity index (χ2v) is 8.90. The van der Waals surface area contributed by atoms with Crippen LogP contribution in [-0.4, -0.2) is 48.5 Å². The van der Waals surface area contributed by atoms with E-state index in [1.54, 1.807) is 45.0 Å². The zero-order chi connectivity index (χ0) is 27.4. The van der Waals surface area contributed by atoms with Crippen LogP contribution in [0.15, 0.2) is 48.5 Å². The van der Waals surface area contributed by atoms with Crippen molar-refractivity contribution in [3.63, 3.8) is 0 Å². The van der Waals surface area contributed by atoms with E-state index in [4.69, 9.17) is 9.47 Å². The van der Waals surface area contributed by atoms with E-state index in [9.17, 15) is 19.2 Å². The summed E-state index contributed by atoms with van der Waals surface area (Å²) in [5.41, 5.74) is 4.88. The zero-order valence-corrected chi connectivity index (χ0v) is 21.6. The number of ether oxygens (including phenoxy) is 2. The van der Waals surface area contributed by atoms with Crippen LogP contribution in [0.5, 0.6) is 0 Å². The van der Waals surface area contributed by atoms with E-state index in [0.29, 0.717) is 39.3 Å². The van der Waals surface area contributed by atoms with Crippen molar-refractivity contribution in [2.45, 2.75) is 33.2 Å². The molecular formula is C29H29N3O6. The van der Waals surface area contributed by atoms with Crippen molar-refractivity contribution < 1.29 is 28.7 Å². The van der Waals surface area contributed by atoms with Gasteiger partial charge in [-0.2, -0.15) is 0 Å². The molecular weight excluding hydrogens is 486 g/mol. The minimum absolute atomic E-state index is 0.252. The Labute approximate surface area is 220 Å². The minimum Gasteiger partial charge on any atom is -0.467 e. The second kappa shape index (κ2) is 11.2. The van der Waals surface area contributed by atoms with Crippen LogP contribution in [-0.2, 0) is 25.5 Å². The van der Waals surface area contributed by atoms with E-state index in [0.717, 1.165) is 5.56 Å². The summed E-state index contributed by atoms with van der Waals surface area (Å²) in [5.74, 6) is -1.81. The second-order valence-electron chi connectivity index (χ2n) is 8.90. The maximum absolute atomic E-state index is 13.1. The number of aromatic amines is 1. The molecule has 1 aliphatic rings. The molecule has 1 aliphatic heterocycles. The molecule has 0 saturated carbocycles. The predicted octanol–water partition coefficient (Wildman–Crippen LogP) is 3.82. The van der Waals surface area contributed by atoms with E-state index in [1.807, 2.05) is 30.3 Å². The van der Waals surface area contributed by atoms with E-state index < -0.39 is 23.9 Å². The highest BCUT2D eigenvalue weighted by Crippen LogP contribution is 2.35. The Morgan fingerprint density at radius 1 is 1.08 bits per heavy atom. The predicted molar refractivity (Wildman–Crippen MR) is 143 cm³/mol. The lowest BCUT2D eigenvalue weighted by atomic mass is 10.0. The van der Waals surface area contributed by atoms with Gasteiger partial charge in [0.1, 0.15) is 6.04 Å². The van der Waals surface area contributed by atoms with Crippen LogP contribution < -0.4 is 10.6 Å². The van der Waals surface area contributed by atoms with Gasteiger partial charge < -0.3 is 25.1 Å². The van der Waals surface area contributed by atoms with Crippen molar-refractivity contribution in [3.8, 4) is 0 Å². The number of esters is 2. The lowest BCUT2D eigenvalue weighted by Gasteiger charge is -2.17. The van der Waals surface area contributed by atoms with Gasteiger partial charge in [-0.05, 0) is 56.2 Å². The van der Waals surface area contributed by atoms with E-state index >= 15 is 0 Å². The van der Waals surface area contributed by atoms with Crippen molar-refractivity contribution in [2.75, 3.05) is 19.0 Å². The van der Waals surface area contributed by atoms with E-state index in [1.165, 1.54) is 7.11 Å². The molecule has 38 heavy (non-hydrogen) atoms. The quantitative estimate of drug-likeness (QED) is 0.309. The summed E-state index contributed by atoms with van der Waals surface area (Å²) in [7, 11) is 1.27. The van der Waals surface area contributed by atoms with Gasteiger partial charge in [-0.15, -0.1) is 0 Å². The number of aromatic nitrogens is 1. The van der Waals surface area contributed by atoms with Gasteiger partial charge in [0.25, 0.3) is 11.8 Å². The molecule has 9 heteroatoms. The average Bonchev–Trinajstić information content (AvgIpc) is 3.37. The molecule has 0 saturated heterocycles. The Hall–Kier alpha value is -4.66. The SMILES string of the molecule is CCOC(=O)c1c(C)[nH]c(/C=C2\C(=O)Nc3ccc(C(=O)N[C@H](Cc4ccccc4)C(=O)OC)cc32)c1C.